The molecule has 23 heavy (non-hydrogen) atoms. The molecule has 0 spiro atoms. The Bertz CT molecular complexity index is 612. The van der Waals surface area contributed by atoms with E-state index in [2.05, 4.69) is 5.10 Å². The van der Waals surface area contributed by atoms with Crippen LogP contribution in [0.3, 0.4) is 0 Å². The fourth-order valence-electron chi connectivity index (χ4n) is 2.85. The predicted octanol–water partition coefficient (Wildman–Crippen LogP) is 1.67. The first kappa shape index (κ1) is 16.9. The zero-order valence-corrected chi connectivity index (χ0v) is 13.0. The maximum Gasteiger partial charge on any atom is 0.320 e. The Morgan fingerprint density at radius 3 is 2.83 bits per heavy atom. The normalized spacial score (nSPS) is 18.0. The van der Waals surface area contributed by atoms with Gasteiger partial charge >= 0.3 is 11.7 Å². The zero-order chi connectivity index (χ0) is 17.0. The SMILES string of the molecule is CCn1cc([N+](=O)[O-])c(C(=O)N2CCCCC2CCC(=O)O)n1. The lowest BCUT2D eigenvalue weighted by Crippen LogP contribution is -2.44. The first-order valence-corrected chi connectivity index (χ1v) is 7.68. The highest BCUT2D eigenvalue weighted by Crippen LogP contribution is 2.26. The highest BCUT2D eigenvalue weighted by molar-refractivity contribution is 5.96. The van der Waals surface area contributed by atoms with Crippen molar-refractivity contribution in [3.63, 3.8) is 0 Å². The van der Waals surface area contributed by atoms with Crippen molar-refractivity contribution in [2.24, 2.45) is 0 Å². The number of amides is 1. The first-order chi connectivity index (χ1) is 10.9. The Balaban J connectivity index is 2.24. The molecule has 9 heteroatoms. The highest BCUT2D eigenvalue weighted by atomic mass is 16.6. The van der Waals surface area contributed by atoms with Crippen LogP contribution in [0.5, 0.6) is 0 Å². The Kier molecular flexibility index (Phi) is 5.30. The summed E-state index contributed by atoms with van der Waals surface area (Å²) in [6.07, 6.45) is 4.01. The van der Waals surface area contributed by atoms with Gasteiger partial charge in [0.05, 0.1) is 4.92 Å². The number of nitrogens with zero attached hydrogens (tertiary/aromatic N) is 4. The van der Waals surface area contributed by atoms with Gasteiger partial charge in [-0.1, -0.05) is 0 Å². The van der Waals surface area contributed by atoms with Gasteiger partial charge in [0.2, 0.25) is 5.69 Å². The van der Waals surface area contributed by atoms with E-state index in [1.807, 2.05) is 0 Å². The summed E-state index contributed by atoms with van der Waals surface area (Å²) in [5, 5.41) is 24.0. The molecule has 0 bridgehead atoms. The van der Waals surface area contributed by atoms with Crippen LogP contribution in [0.25, 0.3) is 0 Å². The second-order valence-corrected chi connectivity index (χ2v) is 5.56. The summed E-state index contributed by atoms with van der Waals surface area (Å²) in [5.74, 6) is -1.40. The summed E-state index contributed by atoms with van der Waals surface area (Å²) in [6, 6.07) is -0.210. The molecule has 1 amide bonds. The second-order valence-electron chi connectivity index (χ2n) is 5.56. The van der Waals surface area contributed by atoms with E-state index in [9.17, 15) is 19.7 Å². The zero-order valence-electron chi connectivity index (χ0n) is 13.0. The van der Waals surface area contributed by atoms with Crippen LogP contribution in [0.2, 0.25) is 0 Å². The number of carbonyl (C=O) groups excluding carboxylic acids is 1. The van der Waals surface area contributed by atoms with E-state index < -0.39 is 16.8 Å². The summed E-state index contributed by atoms with van der Waals surface area (Å²) in [5.41, 5.74) is -0.474. The van der Waals surface area contributed by atoms with Gasteiger partial charge in [-0.2, -0.15) is 5.10 Å². The van der Waals surface area contributed by atoms with Crippen LogP contribution >= 0.6 is 0 Å². The van der Waals surface area contributed by atoms with E-state index in [4.69, 9.17) is 5.11 Å². The molecule has 1 unspecified atom stereocenters. The number of piperidine rings is 1. The van der Waals surface area contributed by atoms with Crippen LogP contribution < -0.4 is 0 Å². The van der Waals surface area contributed by atoms with Gasteiger partial charge in [0, 0.05) is 25.6 Å². The summed E-state index contributed by atoms with van der Waals surface area (Å²) < 4.78 is 1.36. The van der Waals surface area contributed by atoms with Crippen molar-refractivity contribution in [3.8, 4) is 0 Å². The van der Waals surface area contributed by atoms with Crippen LogP contribution in [0.1, 0.15) is 49.5 Å². The van der Waals surface area contributed by atoms with E-state index in [1.54, 1.807) is 11.8 Å². The van der Waals surface area contributed by atoms with E-state index in [1.165, 1.54) is 10.9 Å². The van der Waals surface area contributed by atoms with Crippen molar-refractivity contribution in [2.75, 3.05) is 6.54 Å². The van der Waals surface area contributed by atoms with Gasteiger partial charge in [-0.25, -0.2) is 0 Å². The van der Waals surface area contributed by atoms with Crippen LogP contribution in [-0.4, -0.2) is 49.2 Å². The van der Waals surface area contributed by atoms with Gasteiger partial charge < -0.3 is 10.0 Å². The number of aliphatic carboxylic acids is 1. The number of likely N-dealkylation sites (tertiary alicyclic amines) is 1. The molecule has 1 aromatic rings. The van der Waals surface area contributed by atoms with Crippen molar-refractivity contribution in [3.05, 3.63) is 22.0 Å². The minimum atomic E-state index is -0.913. The lowest BCUT2D eigenvalue weighted by Gasteiger charge is -2.35. The van der Waals surface area contributed by atoms with Crippen molar-refractivity contribution in [1.82, 2.24) is 14.7 Å². The largest absolute Gasteiger partial charge is 0.481 e. The average molecular weight is 324 g/mol. The van der Waals surface area contributed by atoms with Crippen molar-refractivity contribution < 1.29 is 19.6 Å². The summed E-state index contributed by atoms with van der Waals surface area (Å²) >= 11 is 0. The molecule has 0 saturated carbocycles. The third kappa shape index (κ3) is 3.85. The molecular weight excluding hydrogens is 304 g/mol. The highest BCUT2D eigenvalue weighted by Gasteiger charge is 2.34. The van der Waals surface area contributed by atoms with Crippen LogP contribution in [0, 0.1) is 10.1 Å². The minimum absolute atomic E-state index is 0.0278. The molecule has 0 radical (unpaired) electrons. The molecule has 0 aliphatic carbocycles. The first-order valence-electron chi connectivity index (χ1n) is 7.68. The minimum Gasteiger partial charge on any atom is -0.481 e. The molecule has 0 aromatic carbocycles. The van der Waals surface area contributed by atoms with Gasteiger partial charge in [0.1, 0.15) is 6.20 Å². The molecule has 9 nitrogen and oxygen atoms in total. The van der Waals surface area contributed by atoms with Crippen LogP contribution in [0.4, 0.5) is 5.69 Å². The monoisotopic (exact) mass is 324 g/mol. The van der Waals surface area contributed by atoms with Gasteiger partial charge in [-0.3, -0.25) is 24.4 Å². The fourth-order valence-corrected chi connectivity index (χ4v) is 2.85. The number of carboxylic acid groups (broad SMARTS) is 1. The Morgan fingerprint density at radius 2 is 2.22 bits per heavy atom. The molecule has 1 atom stereocenters. The summed E-state index contributed by atoms with van der Waals surface area (Å²) in [6.45, 7) is 2.68. The number of carboxylic acids is 1. The van der Waals surface area contributed by atoms with Gasteiger partial charge in [-0.05, 0) is 32.6 Å². The maximum absolute atomic E-state index is 12.7. The molecule has 1 aliphatic heterocycles. The quantitative estimate of drug-likeness (QED) is 0.628. The number of rotatable bonds is 6. The Hall–Kier alpha value is -2.45. The molecular formula is C14H20N4O5. The number of hydrogen-bond donors (Lipinski definition) is 1. The molecule has 1 aliphatic rings. The lowest BCUT2D eigenvalue weighted by atomic mass is 9.97. The summed E-state index contributed by atoms with van der Waals surface area (Å²) in [7, 11) is 0. The smallest absolute Gasteiger partial charge is 0.320 e. The molecule has 126 valence electrons. The molecule has 1 fully saturated rings. The molecule has 1 saturated heterocycles. The topological polar surface area (TPSA) is 119 Å². The molecule has 1 aromatic heterocycles. The fraction of sp³-hybridized carbons (Fsp3) is 0.643. The molecule has 2 rings (SSSR count). The van der Waals surface area contributed by atoms with Crippen molar-refractivity contribution >= 4 is 17.6 Å². The Morgan fingerprint density at radius 1 is 1.48 bits per heavy atom. The van der Waals surface area contributed by atoms with E-state index >= 15 is 0 Å². The average Bonchev–Trinajstić information content (AvgIpc) is 2.97. The molecule has 1 N–H and O–H groups in total. The number of aromatic nitrogens is 2. The van der Waals surface area contributed by atoms with Crippen molar-refractivity contribution in [1.29, 1.82) is 0 Å². The van der Waals surface area contributed by atoms with E-state index in [-0.39, 0.29) is 23.8 Å². The number of aryl methyl sites for hydroxylation is 1. The van der Waals surface area contributed by atoms with Crippen LogP contribution in [0.15, 0.2) is 6.20 Å². The maximum atomic E-state index is 12.7. The molecule has 2 heterocycles. The number of hydrogen-bond acceptors (Lipinski definition) is 5. The van der Waals surface area contributed by atoms with Gasteiger partial charge in [0.25, 0.3) is 5.91 Å². The standard InChI is InChI=1S/C14H20N4O5/c1-2-16-9-11(18(22)23)13(15-16)14(21)17-8-4-3-5-10(17)6-7-12(19)20/h9-10H,2-8H2,1H3,(H,19,20). The third-order valence-electron chi connectivity index (χ3n) is 4.05. The number of carbonyl (C=O) groups is 2. The second kappa shape index (κ2) is 7.21. The van der Waals surface area contributed by atoms with E-state index in [0.29, 0.717) is 25.9 Å². The third-order valence-corrected chi connectivity index (χ3v) is 4.05. The number of nitro groups is 1. The lowest BCUT2D eigenvalue weighted by molar-refractivity contribution is -0.385. The van der Waals surface area contributed by atoms with Crippen LogP contribution in [-0.2, 0) is 11.3 Å². The van der Waals surface area contributed by atoms with Gasteiger partial charge in [-0.15, -0.1) is 0 Å². The summed E-state index contributed by atoms with van der Waals surface area (Å²) in [4.78, 5) is 35.5. The Labute approximate surface area is 133 Å². The predicted molar refractivity (Wildman–Crippen MR) is 80.1 cm³/mol. The van der Waals surface area contributed by atoms with Gasteiger partial charge in [0.15, 0.2) is 0 Å². The van der Waals surface area contributed by atoms with E-state index in [0.717, 1.165) is 12.8 Å². The van der Waals surface area contributed by atoms with Crippen molar-refractivity contribution in [2.45, 2.75) is 51.6 Å².